The highest BCUT2D eigenvalue weighted by Crippen LogP contribution is 2.53. The highest BCUT2D eigenvalue weighted by atomic mass is 35.5. The maximum absolute atomic E-state index is 6.71. The van der Waals surface area contributed by atoms with Crippen molar-refractivity contribution in [1.29, 1.82) is 0 Å². The summed E-state index contributed by atoms with van der Waals surface area (Å²) < 4.78 is 2.29. The molecular formula is C31H20ClN3. The number of para-hydroxylation sites is 1. The number of rotatable bonds is 3. The van der Waals surface area contributed by atoms with E-state index in [-0.39, 0.29) is 0 Å². The fourth-order valence-electron chi connectivity index (χ4n) is 5.67. The van der Waals surface area contributed by atoms with E-state index >= 15 is 0 Å². The van der Waals surface area contributed by atoms with E-state index in [0.29, 0.717) is 5.02 Å². The summed E-state index contributed by atoms with van der Waals surface area (Å²) in [5, 5.41) is 0.709. The topological polar surface area (TPSA) is 30.7 Å². The van der Waals surface area contributed by atoms with Crippen LogP contribution in [0.25, 0.3) is 28.1 Å². The van der Waals surface area contributed by atoms with Crippen LogP contribution in [0.15, 0.2) is 122 Å². The third-order valence-electron chi connectivity index (χ3n) is 7.04. The Balaban J connectivity index is 1.72. The predicted molar refractivity (Wildman–Crippen MR) is 141 cm³/mol. The maximum atomic E-state index is 6.71. The number of aromatic nitrogens is 3. The van der Waals surface area contributed by atoms with Crippen LogP contribution in [0.5, 0.6) is 0 Å². The molecule has 7 rings (SSSR count). The van der Waals surface area contributed by atoms with Crippen LogP contribution in [0.1, 0.15) is 22.3 Å². The molecule has 0 saturated carbocycles. The zero-order chi connectivity index (χ0) is 23.4. The van der Waals surface area contributed by atoms with Gasteiger partial charge in [0, 0.05) is 23.0 Å². The molecule has 1 aliphatic heterocycles. The summed E-state index contributed by atoms with van der Waals surface area (Å²) in [4.78, 5) is 9.35. The number of nitrogens with zero attached hydrogens (tertiary/aromatic N) is 3. The van der Waals surface area contributed by atoms with Crippen LogP contribution in [0.3, 0.4) is 0 Å². The Morgan fingerprint density at radius 1 is 0.657 bits per heavy atom. The van der Waals surface area contributed by atoms with Gasteiger partial charge in [-0.3, -0.25) is 9.55 Å². The van der Waals surface area contributed by atoms with Gasteiger partial charge >= 0.3 is 0 Å². The number of imidazole rings is 1. The lowest BCUT2D eigenvalue weighted by atomic mass is 9.63. The van der Waals surface area contributed by atoms with Gasteiger partial charge in [-0.15, -0.1) is 0 Å². The van der Waals surface area contributed by atoms with Crippen LogP contribution in [-0.4, -0.2) is 14.5 Å². The Bertz CT molecular complexity index is 1650. The van der Waals surface area contributed by atoms with Gasteiger partial charge in [0.05, 0.1) is 22.1 Å². The van der Waals surface area contributed by atoms with Crippen LogP contribution in [0, 0.1) is 0 Å². The fraction of sp³-hybridized carbons (Fsp3) is 0.0323. The number of halogens is 1. The van der Waals surface area contributed by atoms with E-state index in [1.54, 1.807) is 0 Å². The Morgan fingerprint density at radius 2 is 1.34 bits per heavy atom. The van der Waals surface area contributed by atoms with Gasteiger partial charge in [-0.25, -0.2) is 4.98 Å². The van der Waals surface area contributed by atoms with Gasteiger partial charge < -0.3 is 0 Å². The maximum Gasteiger partial charge on any atom is 0.145 e. The van der Waals surface area contributed by atoms with E-state index in [1.807, 2.05) is 30.6 Å². The summed E-state index contributed by atoms with van der Waals surface area (Å²) in [6.45, 7) is 0. The molecule has 6 aromatic rings. The van der Waals surface area contributed by atoms with E-state index in [0.717, 1.165) is 33.7 Å². The number of hydrogen-bond acceptors (Lipinski definition) is 2. The van der Waals surface area contributed by atoms with Crippen molar-refractivity contribution >= 4 is 22.6 Å². The summed E-state index contributed by atoms with van der Waals surface area (Å²) in [6.07, 6.45) is 3.62. The van der Waals surface area contributed by atoms with Crippen molar-refractivity contribution in [2.75, 3.05) is 0 Å². The van der Waals surface area contributed by atoms with E-state index in [1.165, 1.54) is 16.7 Å². The standard InChI is InChI=1S/C31H20ClN3/c32-24-14-15-28-26(20-24)31(22-8-3-1-4-9-22,23-10-5-2-6-11-23)25-12-7-13-27-29(25)35(28)30(34-27)21-16-18-33-19-17-21/h1-20H. The second-order valence-electron chi connectivity index (χ2n) is 8.82. The largest absolute Gasteiger partial charge is 0.292 e. The molecule has 3 heterocycles. The molecule has 0 saturated heterocycles. The average molecular weight is 470 g/mol. The molecule has 166 valence electrons. The number of fused-ring (bicyclic) bond motifs is 2. The van der Waals surface area contributed by atoms with Gasteiger partial charge in [-0.1, -0.05) is 84.4 Å². The quantitative estimate of drug-likeness (QED) is 0.269. The van der Waals surface area contributed by atoms with Gasteiger partial charge in [0.2, 0.25) is 0 Å². The van der Waals surface area contributed by atoms with E-state index in [2.05, 4.69) is 101 Å². The Morgan fingerprint density at radius 3 is 2.03 bits per heavy atom. The molecule has 0 spiro atoms. The molecular weight excluding hydrogens is 450 g/mol. The Hall–Kier alpha value is -4.21. The van der Waals surface area contributed by atoms with E-state index in [4.69, 9.17) is 16.6 Å². The minimum atomic E-state index is -0.548. The van der Waals surface area contributed by atoms with Crippen LogP contribution in [0.4, 0.5) is 0 Å². The van der Waals surface area contributed by atoms with Crippen LogP contribution >= 0.6 is 11.6 Å². The van der Waals surface area contributed by atoms with Crippen molar-refractivity contribution in [2.24, 2.45) is 0 Å². The Kier molecular flexibility index (Phi) is 4.42. The first-order valence-electron chi connectivity index (χ1n) is 11.6. The van der Waals surface area contributed by atoms with Crippen LogP contribution in [-0.2, 0) is 5.41 Å². The summed E-state index contributed by atoms with van der Waals surface area (Å²) in [5.74, 6) is 0.896. The molecule has 0 fully saturated rings. The SMILES string of the molecule is Clc1ccc2c(c1)C(c1ccccc1)(c1ccccc1)c1cccc3nc(-c4ccncc4)n-2c13. The molecule has 0 radical (unpaired) electrons. The summed E-state index contributed by atoms with van der Waals surface area (Å²) in [7, 11) is 0. The first kappa shape index (κ1) is 20.2. The first-order chi connectivity index (χ1) is 17.3. The number of hydrogen-bond donors (Lipinski definition) is 0. The molecule has 0 unspecified atom stereocenters. The first-order valence-corrected chi connectivity index (χ1v) is 12.0. The molecule has 3 nitrogen and oxygen atoms in total. The van der Waals surface area contributed by atoms with Crippen molar-refractivity contribution < 1.29 is 0 Å². The molecule has 35 heavy (non-hydrogen) atoms. The van der Waals surface area contributed by atoms with Gasteiger partial charge in [0.1, 0.15) is 5.82 Å². The van der Waals surface area contributed by atoms with Gasteiger partial charge in [-0.05, 0) is 58.7 Å². The van der Waals surface area contributed by atoms with Gasteiger partial charge in [0.15, 0.2) is 0 Å². The lowest BCUT2D eigenvalue weighted by Crippen LogP contribution is -2.35. The van der Waals surface area contributed by atoms with Crippen LogP contribution in [0.2, 0.25) is 5.02 Å². The molecule has 2 aromatic heterocycles. The van der Waals surface area contributed by atoms with Crippen molar-refractivity contribution in [3.8, 4) is 17.1 Å². The zero-order valence-electron chi connectivity index (χ0n) is 18.8. The highest BCUT2D eigenvalue weighted by molar-refractivity contribution is 6.30. The second kappa shape index (κ2) is 7.66. The lowest BCUT2D eigenvalue weighted by molar-refractivity contribution is 0.725. The molecule has 0 N–H and O–H groups in total. The molecule has 4 heteroatoms. The third kappa shape index (κ3) is 2.79. The van der Waals surface area contributed by atoms with Gasteiger partial charge in [-0.2, -0.15) is 0 Å². The minimum Gasteiger partial charge on any atom is -0.292 e. The molecule has 0 bridgehead atoms. The fourth-order valence-corrected chi connectivity index (χ4v) is 5.84. The van der Waals surface area contributed by atoms with Crippen molar-refractivity contribution in [2.45, 2.75) is 5.41 Å². The highest BCUT2D eigenvalue weighted by Gasteiger charge is 2.45. The van der Waals surface area contributed by atoms with Crippen LogP contribution < -0.4 is 0 Å². The average Bonchev–Trinajstić information content (AvgIpc) is 3.31. The molecule has 4 aromatic carbocycles. The second-order valence-corrected chi connectivity index (χ2v) is 9.26. The summed E-state index contributed by atoms with van der Waals surface area (Å²) >= 11 is 6.71. The molecule has 0 amide bonds. The molecule has 0 aliphatic carbocycles. The summed E-state index contributed by atoms with van der Waals surface area (Å²) in [6, 6.07) is 38.1. The smallest absolute Gasteiger partial charge is 0.145 e. The third-order valence-corrected chi connectivity index (χ3v) is 7.27. The zero-order valence-corrected chi connectivity index (χ0v) is 19.5. The molecule has 1 aliphatic rings. The summed E-state index contributed by atoms with van der Waals surface area (Å²) in [5.41, 5.74) is 8.34. The van der Waals surface area contributed by atoms with E-state index < -0.39 is 5.41 Å². The van der Waals surface area contributed by atoms with E-state index in [9.17, 15) is 0 Å². The van der Waals surface area contributed by atoms with Crippen molar-refractivity contribution in [1.82, 2.24) is 14.5 Å². The number of pyridine rings is 1. The van der Waals surface area contributed by atoms with Crippen molar-refractivity contribution in [3.63, 3.8) is 0 Å². The number of benzene rings is 4. The Labute approximate surface area is 208 Å². The van der Waals surface area contributed by atoms with Gasteiger partial charge in [0.25, 0.3) is 0 Å². The van der Waals surface area contributed by atoms with Crippen molar-refractivity contribution in [3.05, 3.63) is 149 Å². The lowest BCUT2D eigenvalue weighted by Gasteiger charge is -2.41. The normalized spacial score (nSPS) is 13.5. The molecule has 0 atom stereocenters. The minimum absolute atomic E-state index is 0.548. The predicted octanol–water partition coefficient (Wildman–Crippen LogP) is 7.44. The monoisotopic (exact) mass is 469 g/mol.